The van der Waals surface area contributed by atoms with Crippen LogP contribution in [-0.2, 0) is 28.9 Å². The van der Waals surface area contributed by atoms with Crippen LogP contribution >= 0.6 is 0 Å². The van der Waals surface area contributed by atoms with Crippen LogP contribution in [0.2, 0.25) is 0 Å². The molecule has 1 aromatic carbocycles. The summed E-state index contributed by atoms with van der Waals surface area (Å²) < 4.78 is 7.87. The lowest BCUT2D eigenvalue weighted by molar-refractivity contribution is -0.131. The molecule has 3 aromatic rings. The minimum atomic E-state index is 0.182. The summed E-state index contributed by atoms with van der Waals surface area (Å²) >= 11 is 0. The van der Waals surface area contributed by atoms with Gasteiger partial charge in [-0.25, -0.2) is 0 Å². The molecule has 0 N–H and O–H groups in total. The van der Waals surface area contributed by atoms with Crippen molar-refractivity contribution in [3.8, 4) is 17.3 Å². The fourth-order valence-corrected chi connectivity index (χ4v) is 5.99. The number of nitrogens with zero attached hydrogens (tertiary/aromatic N) is 6. The zero-order valence-corrected chi connectivity index (χ0v) is 21.3. The van der Waals surface area contributed by atoms with E-state index in [2.05, 4.69) is 26.7 Å². The van der Waals surface area contributed by atoms with Crippen molar-refractivity contribution in [3.05, 3.63) is 58.9 Å². The van der Waals surface area contributed by atoms with E-state index < -0.39 is 0 Å². The van der Waals surface area contributed by atoms with E-state index >= 15 is 0 Å². The first kappa shape index (κ1) is 23.7. The van der Waals surface area contributed by atoms with Gasteiger partial charge in [-0.05, 0) is 55.5 Å². The van der Waals surface area contributed by atoms with Crippen LogP contribution < -0.4 is 4.90 Å². The fraction of sp³-hybridized carbons (Fsp3) is 0.448. The van der Waals surface area contributed by atoms with E-state index in [-0.39, 0.29) is 5.91 Å². The number of hydrogen-bond donors (Lipinski definition) is 0. The number of carbonyl (C=O) groups excluding carboxylic acids is 1. The summed E-state index contributed by atoms with van der Waals surface area (Å²) in [6.07, 6.45) is 6.93. The minimum Gasteiger partial charge on any atom is -0.381 e. The van der Waals surface area contributed by atoms with Crippen LogP contribution in [0.5, 0.6) is 0 Å². The average molecular weight is 497 g/mol. The van der Waals surface area contributed by atoms with Gasteiger partial charge in [0.2, 0.25) is 5.91 Å². The maximum Gasteiger partial charge on any atom is 0.222 e. The lowest BCUT2D eigenvalue weighted by atomic mass is 9.93. The predicted octanol–water partition coefficient (Wildman–Crippen LogP) is 4.55. The monoisotopic (exact) mass is 496 g/mol. The number of anilines is 2. The van der Waals surface area contributed by atoms with Gasteiger partial charge in [-0.3, -0.25) is 14.5 Å². The first-order valence-electron chi connectivity index (χ1n) is 13.4. The van der Waals surface area contributed by atoms with E-state index in [1.54, 1.807) is 6.20 Å². The summed E-state index contributed by atoms with van der Waals surface area (Å²) in [6, 6.07) is 12.7. The quantitative estimate of drug-likeness (QED) is 0.527. The number of aromatic nitrogens is 3. The SMILES string of the molecule is CCC(=O)N1CCc2c(c(N3CCCc4cc(-c5ccccn5)c(C#N)cc43)nn2C2CCOCC2)C1. The molecule has 6 rings (SSSR count). The van der Waals surface area contributed by atoms with Crippen LogP contribution in [0, 0.1) is 11.3 Å². The third-order valence-electron chi connectivity index (χ3n) is 7.91. The highest BCUT2D eigenvalue weighted by atomic mass is 16.5. The van der Waals surface area contributed by atoms with Gasteiger partial charge in [0.25, 0.3) is 0 Å². The summed E-state index contributed by atoms with van der Waals surface area (Å²) in [6.45, 7) is 5.58. The summed E-state index contributed by atoms with van der Waals surface area (Å²) in [5.41, 5.74) is 6.95. The number of amides is 1. The molecule has 8 heteroatoms. The summed E-state index contributed by atoms with van der Waals surface area (Å²) in [5.74, 6) is 1.12. The summed E-state index contributed by atoms with van der Waals surface area (Å²) in [7, 11) is 0. The highest BCUT2D eigenvalue weighted by Crippen LogP contribution is 2.41. The smallest absolute Gasteiger partial charge is 0.222 e. The Labute approximate surface area is 217 Å². The van der Waals surface area contributed by atoms with Gasteiger partial charge >= 0.3 is 0 Å². The van der Waals surface area contributed by atoms with E-state index in [9.17, 15) is 10.1 Å². The van der Waals surface area contributed by atoms with Crippen LogP contribution in [0.3, 0.4) is 0 Å². The Morgan fingerprint density at radius 1 is 1.19 bits per heavy atom. The largest absolute Gasteiger partial charge is 0.381 e. The summed E-state index contributed by atoms with van der Waals surface area (Å²) in [5, 5.41) is 15.3. The van der Waals surface area contributed by atoms with Gasteiger partial charge < -0.3 is 14.5 Å². The molecule has 0 aliphatic carbocycles. The molecule has 0 bridgehead atoms. The second-order valence-corrected chi connectivity index (χ2v) is 10.1. The molecule has 0 unspecified atom stereocenters. The van der Waals surface area contributed by atoms with Crippen LogP contribution in [0.15, 0.2) is 36.5 Å². The lowest BCUT2D eigenvalue weighted by Gasteiger charge is -2.33. The number of pyridine rings is 1. The molecule has 2 aromatic heterocycles. The van der Waals surface area contributed by atoms with Crippen molar-refractivity contribution in [1.82, 2.24) is 19.7 Å². The second kappa shape index (κ2) is 9.98. The molecule has 0 spiro atoms. The molecule has 0 radical (unpaired) electrons. The van der Waals surface area contributed by atoms with E-state index in [0.717, 1.165) is 86.7 Å². The van der Waals surface area contributed by atoms with Crippen molar-refractivity contribution >= 4 is 17.4 Å². The average Bonchev–Trinajstić information content (AvgIpc) is 3.35. The van der Waals surface area contributed by atoms with E-state index in [1.807, 2.05) is 36.1 Å². The molecule has 0 atom stereocenters. The minimum absolute atomic E-state index is 0.182. The molecular formula is C29H32N6O2. The van der Waals surface area contributed by atoms with Gasteiger partial charge in [0, 0.05) is 67.8 Å². The molecule has 190 valence electrons. The highest BCUT2D eigenvalue weighted by molar-refractivity contribution is 5.79. The maximum atomic E-state index is 12.7. The van der Waals surface area contributed by atoms with Crippen molar-refractivity contribution in [2.24, 2.45) is 0 Å². The van der Waals surface area contributed by atoms with Gasteiger partial charge in [-0.2, -0.15) is 10.4 Å². The van der Waals surface area contributed by atoms with Gasteiger partial charge in [0.05, 0.1) is 29.9 Å². The zero-order chi connectivity index (χ0) is 25.4. The highest BCUT2D eigenvalue weighted by Gasteiger charge is 2.34. The topological polar surface area (TPSA) is 87.3 Å². The molecule has 0 saturated carbocycles. The van der Waals surface area contributed by atoms with Crippen molar-refractivity contribution in [3.63, 3.8) is 0 Å². The Hall–Kier alpha value is -3.70. The van der Waals surface area contributed by atoms with Gasteiger partial charge in [-0.1, -0.05) is 13.0 Å². The number of aryl methyl sites for hydroxylation is 1. The first-order chi connectivity index (χ1) is 18.2. The predicted molar refractivity (Wildman–Crippen MR) is 140 cm³/mol. The number of fused-ring (bicyclic) bond motifs is 2. The molecule has 5 heterocycles. The number of carbonyl (C=O) groups is 1. The van der Waals surface area contributed by atoms with Crippen LogP contribution in [0.25, 0.3) is 11.3 Å². The fourth-order valence-electron chi connectivity index (χ4n) is 5.99. The maximum absolute atomic E-state index is 12.7. The van der Waals surface area contributed by atoms with E-state index in [0.29, 0.717) is 24.6 Å². The van der Waals surface area contributed by atoms with Gasteiger partial charge in [0.1, 0.15) is 0 Å². The Morgan fingerprint density at radius 3 is 2.81 bits per heavy atom. The molecule has 3 aliphatic rings. The Morgan fingerprint density at radius 2 is 2.05 bits per heavy atom. The standard InChI is InChI=1S/C29H32N6O2/c1-2-28(36)33-13-8-26-24(19-33)29(32-35(26)22-9-14-37-15-10-22)34-12-5-6-20-16-23(21(18-30)17-27(20)34)25-7-3-4-11-31-25/h3-4,7,11,16-17,22H,2,5-6,8-10,12-15,19H2,1H3. The Bertz CT molecular complexity index is 1350. The van der Waals surface area contributed by atoms with E-state index in [1.165, 1.54) is 11.3 Å². The number of rotatable bonds is 4. The Kier molecular flexibility index (Phi) is 6.39. The number of nitriles is 1. The van der Waals surface area contributed by atoms with Crippen molar-refractivity contribution in [2.75, 3.05) is 31.2 Å². The van der Waals surface area contributed by atoms with Crippen molar-refractivity contribution in [2.45, 2.75) is 58.0 Å². The second-order valence-electron chi connectivity index (χ2n) is 10.1. The Balaban J connectivity index is 1.45. The van der Waals surface area contributed by atoms with Crippen LogP contribution in [-0.4, -0.2) is 51.9 Å². The molecule has 3 aliphatic heterocycles. The normalized spacial score (nSPS) is 17.7. The molecule has 8 nitrogen and oxygen atoms in total. The molecule has 37 heavy (non-hydrogen) atoms. The zero-order valence-electron chi connectivity index (χ0n) is 21.3. The lowest BCUT2D eigenvalue weighted by Crippen LogP contribution is -2.37. The molecule has 1 saturated heterocycles. The molecule has 1 fully saturated rings. The number of hydrogen-bond acceptors (Lipinski definition) is 6. The van der Waals surface area contributed by atoms with Crippen LogP contribution in [0.1, 0.15) is 61.0 Å². The van der Waals surface area contributed by atoms with Crippen molar-refractivity contribution < 1.29 is 9.53 Å². The third kappa shape index (κ3) is 4.27. The van der Waals surface area contributed by atoms with Crippen LogP contribution in [0.4, 0.5) is 11.5 Å². The number of benzene rings is 1. The molecular weight excluding hydrogens is 464 g/mol. The van der Waals surface area contributed by atoms with E-state index in [4.69, 9.17) is 9.84 Å². The first-order valence-corrected chi connectivity index (χ1v) is 13.4. The van der Waals surface area contributed by atoms with Gasteiger partial charge in [0.15, 0.2) is 5.82 Å². The van der Waals surface area contributed by atoms with Crippen molar-refractivity contribution in [1.29, 1.82) is 5.26 Å². The molecule has 1 amide bonds. The van der Waals surface area contributed by atoms with Gasteiger partial charge in [-0.15, -0.1) is 0 Å². The third-order valence-corrected chi connectivity index (χ3v) is 7.91. The summed E-state index contributed by atoms with van der Waals surface area (Å²) in [4.78, 5) is 21.4. The number of ether oxygens (including phenoxy) is 1.